The van der Waals surface area contributed by atoms with E-state index in [1.807, 2.05) is 13.8 Å². The molecule has 0 fully saturated rings. The molecule has 1 aliphatic rings. The molecule has 0 saturated heterocycles. The van der Waals surface area contributed by atoms with Crippen LogP contribution in [-0.2, 0) is 28.8 Å². The molecule has 1 atom stereocenters. The first-order valence-corrected chi connectivity index (χ1v) is 11.7. The fourth-order valence-electron chi connectivity index (χ4n) is 3.46. The molecule has 6 nitrogen and oxygen atoms in total. The maximum absolute atomic E-state index is 12.0. The van der Waals surface area contributed by atoms with Crippen molar-refractivity contribution >= 4 is 13.3 Å². The molecule has 0 saturated carbocycles. The second-order valence-electron chi connectivity index (χ2n) is 7.09. The number of phenolic OH excluding ortho intramolecular Hbond substituents is 1. The van der Waals surface area contributed by atoms with Gasteiger partial charge in [0.05, 0.1) is 0 Å². The fourth-order valence-corrected chi connectivity index (χ4v) is 4.04. The highest BCUT2D eigenvalue weighted by atomic mass is 31.2. The second-order valence-corrected chi connectivity index (χ2v) is 9.63. The van der Waals surface area contributed by atoms with E-state index in [0.717, 1.165) is 40.7 Å². The van der Waals surface area contributed by atoms with E-state index >= 15 is 0 Å². The molecule has 0 aromatic heterocycles. The van der Waals surface area contributed by atoms with E-state index in [1.54, 1.807) is 0 Å². The zero-order chi connectivity index (χ0) is 20.2. The second kappa shape index (κ2) is 9.05. The van der Waals surface area contributed by atoms with Gasteiger partial charge in [-0.15, -0.1) is 0 Å². The third kappa shape index (κ3) is 5.22. The third-order valence-electron chi connectivity index (χ3n) is 5.10. The zero-order valence-corrected chi connectivity index (χ0v) is 17.5. The fraction of sp³-hybridized carbons (Fsp3) is 0.550. The number of benzene rings is 1. The molecular weight excluding hydrogens is 365 g/mol. The van der Waals surface area contributed by atoms with Crippen LogP contribution in [0.3, 0.4) is 0 Å². The summed E-state index contributed by atoms with van der Waals surface area (Å²) in [5, 5.41) is 13.9. The highest BCUT2D eigenvalue weighted by Gasteiger charge is 2.30. The number of aromatic hydroxyl groups is 1. The van der Waals surface area contributed by atoms with E-state index in [4.69, 9.17) is 4.74 Å². The lowest BCUT2D eigenvalue weighted by Crippen LogP contribution is -2.21. The Morgan fingerprint density at radius 1 is 1.33 bits per heavy atom. The molecule has 0 aliphatic carbocycles. The molecule has 0 bridgehead atoms. The van der Waals surface area contributed by atoms with Crippen LogP contribution in [0.15, 0.2) is 11.6 Å². The van der Waals surface area contributed by atoms with Gasteiger partial charge in [-0.05, 0) is 37.3 Å². The number of phenols is 1. The van der Waals surface area contributed by atoms with E-state index < -0.39 is 13.3 Å². The Hall–Kier alpha value is -1.62. The van der Waals surface area contributed by atoms with Crippen LogP contribution in [-0.4, -0.2) is 41.9 Å². The SMILES string of the molecule is CC/C(=C\Cc1c(O)c2c(c(C)c1CC)COC2=O)CNCCP(C)(=O)O. The zero-order valence-electron chi connectivity index (χ0n) is 16.6. The monoisotopic (exact) mass is 395 g/mol. The van der Waals surface area contributed by atoms with Crippen LogP contribution in [0.1, 0.15) is 52.9 Å². The van der Waals surface area contributed by atoms with Gasteiger partial charge in [0, 0.05) is 37.0 Å². The Kier molecular flexibility index (Phi) is 7.26. The Balaban J connectivity index is 2.19. The van der Waals surface area contributed by atoms with Gasteiger partial charge in [-0.3, -0.25) is 4.57 Å². The molecule has 7 heteroatoms. The van der Waals surface area contributed by atoms with Crippen LogP contribution in [0, 0.1) is 6.92 Å². The van der Waals surface area contributed by atoms with Gasteiger partial charge in [0.1, 0.15) is 17.9 Å². The van der Waals surface area contributed by atoms with Gasteiger partial charge in [-0.2, -0.15) is 0 Å². The lowest BCUT2D eigenvalue weighted by Gasteiger charge is -2.16. The number of allylic oxidation sites excluding steroid dienone is 1. The molecule has 1 aromatic rings. The van der Waals surface area contributed by atoms with Gasteiger partial charge < -0.3 is 20.1 Å². The molecular formula is C20H30NO5P. The van der Waals surface area contributed by atoms with Crippen molar-refractivity contribution in [2.75, 3.05) is 25.9 Å². The average Bonchev–Trinajstić information content (AvgIpc) is 2.99. The first-order valence-electron chi connectivity index (χ1n) is 9.40. The summed E-state index contributed by atoms with van der Waals surface area (Å²) in [6, 6.07) is 0. The molecule has 3 N–H and O–H groups in total. The number of nitrogens with one attached hydrogen (secondary N) is 1. The summed E-state index contributed by atoms with van der Waals surface area (Å²) in [6.45, 7) is 8.78. The van der Waals surface area contributed by atoms with E-state index in [-0.39, 0.29) is 18.5 Å². The summed E-state index contributed by atoms with van der Waals surface area (Å²) in [5.74, 6) is -0.411. The van der Waals surface area contributed by atoms with Crippen LogP contribution in [0.5, 0.6) is 5.75 Å². The molecule has 2 rings (SSSR count). The normalized spacial score (nSPS) is 16.2. The van der Waals surface area contributed by atoms with Crippen LogP contribution in [0.25, 0.3) is 0 Å². The molecule has 1 heterocycles. The quantitative estimate of drug-likeness (QED) is 0.257. The Bertz CT molecular complexity index is 794. The summed E-state index contributed by atoms with van der Waals surface area (Å²) in [4.78, 5) is 21.3. The number of carbonyl (C=O) groups excluding carboxylic acids is 1. The average molecular weight is 395 g/mol. The lowest BCUT2D eigenvalue weighted by atomic mass is 9.89. The number of fused-ring (bicyclic) bond motifs is 1. The van der Waals surface area contributed by atoms with Gasteiger partial charge in [0.2, 0.25) is 0 Å². The first-order chi connectivity index (χ1) is 12.7. The Morgan fingerprint density at radius 2 is 2.04 bits per heavy atom. The number of hydrogen-bond acceptors (Lipinski definition) is 5. The van der Waals surface area contributed by atoms with Crippen molar-refractivity contribution in [1.82, 2.24) is 5.32 Å². The van der Waals surface area contributed by atoms with Crippen molar-refractivity contribution in [2.24, 2.45) is 0 Å². The lowest BCUT2D eigenvalue weighted by molar-refractivity contribution is 0.0533. The largest absolute Gasteiger partial charge is 0.507 e. The summed E-state index contributed by atoms with van der Waals surface area (Å²) in [5.41, 5.74) is 5.14. The van der Waals surface area contributed by atoms with E-state index in [2.05, 4.69) is 18.3 Å². The van der Waals surface area contributed by atoms with Gasteiger partial charge in [-0.1, -0.05) is 25.5 Å². The van der Waals surface area contributed by atoms with Crippen LogP contribution in [0.2, 0.25) is 0 Å². The van der Waals surface area contributed by atoms with Crippen LogP contribution in [0.4, 0.5) is 0 Å². The smallest absolute Gasteiger partial charge is 0.342 e. The van der Waals surface area contributed by atoms with Crippen LogP contribution < -0.4 is 5.32 Å². The van der Waals surface area contributed by atoms with E-state index in [1.165, 1.54) is 6.66 Å². The summed E-state index contributed by atoms with van der Waals surface area (Å²) in [7, 11) is -2.99. The van der Waals surface area contributed by atoms with Crippen molar-refractivity contribution in [3.8, 4) is 5.75 Å². The number of rotatable bonds is 9. The third-order valence-corrected chi connectivity index (χ3v) is 6.16. The van der Waals surface area contributed by atoms with E-state index in [9.17, 15) is 19.4 Å². The molecule has 1 aromatic carbocycles. The molecule has 150 valence electrons. The van der Waals surface area contributed by atoms with Gasteiger partial charge >= 0.3 is 5.97 Å². The summed E-state index contributed by atoms with van der Waals surface area (Å²) in [6.07, 6.45) is 4.46. The van der Waals surface area contributed by atoms with E-state index in [0.29, 0.717) is 25.1 Å². The molecule has 1 aliphatic heterocycles. The minimum atomic E-state index is -2.99. The first kappa shape index (κ1) is 21.7. The van der Waals surface area contributed by atoms with Crippen molar-refractivity contribution in [3.05, 3.63) is 39.5 Å². The Morgan fingerprint density at radius 3 is 2.63 bits per heavy atom. The van der Waals surface area contributed by atoms with Crippen LogP contribution >= 0.6 is 7.37 Å². The summed E-state index contributed by atoms with van der Waals surface area (Å²) >= 11 is 0. The molecule has 0 amide bonds. The highest BCUT2D eigenvalue weighted by molar-refractivity contribution is 7.57. The van der Waals surface area contributed by atoms with Crippen molar-refractivity contribution in [2.45, 2.75) is 46.6 Å². The van der Waals surface area contributed by atoms with Gasteiger partial charge in [-0.25, -0.2) is 4.79 Å². The van der Waals surface area contributed by atoms with Gasteiger partial charge in [0.15, 0.2) is 7.37 Å². The molecule has 27 heavy (non-hydrogen) atoms. The maximum Gasteiger partial charge on any atom is 0.342 e. The number of cyclic esters (lactones) is 1. The van der Waals surface area contributed by atoms with Crippen molar-refractivity contribution in [1.29, 1.82) is 0 Å². The molecule has 0 spiro atoms. The molecule has 0 radical (unpaired) electrons. The highest BCUT2D eigenvalue weighted by Crippen LogP contribution is 2.38. The van der Waals surface area contributed by atoms with Crippen molar-refractivity contribution < 1.29 is 24.1 Å². The minimum absolute atomic E-state index is 0.0433. The van der Waals surface area contributed by atoms with Gasteiger partial charge in [0.25, 0.3) is 0 Å². The minimum Gasteiger partial charge on any atom is -0.507 e. The van der Waals surface area contributed by atoms with Crippen molar-refractivity contribution in [3.63, 3.8) is 0 Å². The molecule has 1 unspecified atom stereocenters. The number of hydrogen-bond donors (Lipinski definition) is 3. The maximum atomic E-state index is 12.0. The number of esters is 1. The topological polar surface area (TPSA) is 95.9 Å². The predicted molar refractivity (Wildman–Crippen MR) is 107 cm³/mol. The predicted octanol–water partition coefficient (Wildman–Crippen LogP) is 3.30. The number of carbonyl (C=O) groups is 1. The standard InChI is InChI=1S/C20H30NO5P/c1-5-14(11-21-9-10-27(4,24)25)7-8-16-15(6-2)13(3)17-12-26-20(23)18(17)19(16)22/h7,21-22H,5-6,8-12H2,1-4H3,(H,24,25)/b14-7+. The summed E-state index contributed by atoms with van der Waals surface area (Å²) < 4.78 is 16.4. The number of ether oxygens (including phenoxy) is 1. The Labute approximate surface area is 161 Å².